The van der Waals surface area contributed by atoms with Crippen molar-refractivity contribution in [2.45, 2.75) is 37.8 Å². The number of alkyl halides is 1. The highest BCUT2D eigenvalue weighted by Crippen LogP contribution is 2.30. The molecular formula is C20H23IO4. The second-order valence-electron chi connectivity index (χ2n) is 5.96. The number of halogens is 1. The monoisotopic (exact) mass is 454 g/mol. The SMILES string of the molecule is CO[C@@H]1O[C@H](CI)[C@@H](OCc2ccccc2)[C@H]1OCc1ccccc1. The molecule has 0 spiro atoms. The van der Waals surface area contributed by atoms with Crippen LogP contribution in [0.5, 0.6) is 0 Å². The maximum absolute atomic E-state index is 6.19. The fourth-order valence-electron chi connectivity index (χ4n) is 2.92. The van der Waals surface area contributed by atoms with E-state index >= 15 is 0 Å². The van der Waals surface area contributed by atoms with Crippen molar-refractivity contribution in [1.29, 1.82) is 0 Å². The van der Waals surface area contributed by atoms with Crippen LogP contribution in [0.4, 0.5) is 0 Å². The summed E-state index contributed by atoms with van der Waals surface area (Å²) in [6.07, 6.45) is -0.876. The van der Waals surface area contributed by atoms with Crippen molar-refractivity contribution in [3.8, 4) is 0 Å². The topological polar surface area (TPSA) is 36.9 Å². The predicted molar refractivity (Wildman–Crippen MR) is 105 cm³/mol. The normalized spacial score (nSPS) is 26.0. The lowest BCUT2D eigenvalue weighted by molar-refractivity contribution is -0.165. The first-order chi connectivity index (χ1) is 12.3. The summed E-state index contributed by atoms with van der Waals surface area (Å²) < 4.78 is 24.6. The Balaban J connectivity index is 1.66. The molecule has 2 aromatic carbocycles. The van der Waals surface area contributed by atoms with Crippen LogP contribution in [-0.4, -0.2) is 36.1 Å². The third-order valence-corrected chi connectivity index (χ3v) is 5.09. The lowest BCUT2D eigenvalue weighted by Gasteiger charge is -2.24. The molecule has 0 N–H and O–H groups in total. The molecule has 1 aliphatic rings. The lowest BCUT2D eigenvalue weighted by Crippen LogP contribution is -2.38. The summed E-state index contributed by atoms with van der Waals surface area (Å²) in [6.45, 7) is 1.04. The second kappa shape index (κ2) is 9.64. The Morgan fingerprint density at radius 1 is 0.840 bits per heavy atom. The molecule has 5 heteroatoms. The van der Waals surface area contributed by atoms with Crippen molar-refractivity contribution in [3.05, 3.63) is 71.8 Å². The molecule has 3 rings (SSSR count). The van der Waals surface area contributed by atoms with E-state index in [0.717, 1.165) is 15.6 Å². The number of ether oxygens (including phenoxy) is 4. The number of hydrogen-bond donors (Lipinski definition) is 0. The van der Waals surface area contributed by atoms with Crippen LogP contribution in [0, 0.1) is 0 Å². The van der Waals surface area contributed by atoms with Gasteiger partial charge in [-0.25, -0.2) is 0 Å². The van der Waals surface area contributed by atoms with E-state index in [9.17, 15) is 0 Å². The number of benzene rings is 2. The molecule has 1 heterocycles. The summed E-state index contributed by atoms with van der Waals surface area (Å²) in [5, 5.41) is 0. The van der Waals surface area contributed by atoms with Crippen molar-refractivity contribution < 1.29 is 18.9 Å². The Morgan fingerprint density at radius 2 is 1.36 bits per heavy atom. The number of methoxy groups -OCH3 is 1. The van der Waals surface area contributed by atoms with Crippen LogP contribution < -0.4 is 0 Å². The van der Waals surface area contributed by atoms with Crippen LogP contribution in [0.3, 0.4) is 0 Å². The quantitative estimate of drug-likeness (QED) is 0.447. The molecule has 4 nitrogen and oxygen atoms in total. The first-order valence-corrected chi connectivity index (χ1v) is 9.89. The Bertz CT molecular complexity index is 567. The van der Waals surface area contributed by atoms with Gasteiger partial charge in [0.05, 0.1) is 19.3 Å². The van der Waals surface area contributed by atoms with E-state index in [2.05, 4.69) is 34.7 Å². The van der Waals surface area contributed by atoms with Crippen LogP contribution in [0.2, 0.25) is 0 Å². The molecule has 134 valence electrons. The van der Waals surface area contributed by atoms with Crippen LogP contribution in [0.15, 0.2) is 60.7 Å². The third kappa shape index (κ3) is 5.01. The van der Waals surface area contributed by atoms with E-state index < -0.39 is 6.29 Å². The van der Waals surface area contributed by atoms with Gasteiger partial charge in [0.1, 0.15) is 12.2 Å². The smallest absolute Gasteiger partial charge is 0.186 e. The minimum Gasteiger partial charge on any atom is -0.368 e. The van der Waals surface area contributed by atoms with Gasteiger partial charge in [0.2, 0.25) is 0 Å². The van der Waals surface area contributed by atoms with Crippen LogP contribution in [-0.2, 0) is 32.2 Å². The second-order valence-corrected chi connectivity index (χ2v) is 6.84. The number of hydrogen-bond acceptors (Lipinski definition) is 4. The van der Waals surface area contributed by atoms with E-state index in [1.54, 1.807) is 7.11 Å². The maximum atomic E-state index is 6.19. The van der Waals surface area contributed by atoms with Crippen molar-refractivity contribution in [1.82, 2.24) is 0 Å². The molecular weight excluding hydrogens is 431 g/mol. The summed E-state index contributed by atoms with van der Waals surface area (Å²) in [5.74, 6) is 0. The van der Waals surface area contributed by atoms with E-state index in [4.69, 9.17) is 18.9 Å². The fourth-order valence-corrected chi connectivity index (χ4v) is 3.63. The van der Waals surface area contributed by atoms with Crippen LogP contribution >= 0.6 is 22.6 Å². The molecule has 4 atom stereocenters. The summed E-state index contributed by atoms with van der Waals surface area (Å²) in [7, 11) is 1.65. The van der Waals surface area contributed by atoms with Crippen molar-refractivity contribution in [2.75, 3.05) is 11.5 Å². The molecule has 0 bridgehead atoms. The number of rotatable bonds is 8. The molecule has 1 fully saturated rings. The molecule has 25 heavy (non-hydrogen) atoms. The molecule has 0 saturated carbocycles. The lowest BCUT2D eigenvalue weighted by atomic mass is 10.1. The van der Waals surface area contributed by atoms with Crippen LogP contribution in [0.1, 0.15) is 11.1 Å². The molecule has 1 saturated heterocycles. The Kier molecular flexibility index (Phi) is 7.24. The van der Waals surface area contributed by atoms with Crippen LogP contribution in [0.25, 0.3) is 0 Å². The van der Waals surface area contributed by atoms with Gasteiger partial charge in [-0.1, -0.05) is 83.3 Å². The molecule has 0 amide bonds. The molecule has 0 aromatic heterocycles. The average Bonchev–Trinajstić information content (AvgIpc) is 3.03. The van der Waals surface area contributed by atoms with E-state index in [1.807, 2.05) is 48.5 Å². The Morgan fingerprint density at radius 3 is 1.84 bits per heavy atom. The van der Waals surface area contributed by atoms with Gasteiger partial charge in [0, 0.05) is 11.5 Å². The van der Waals surface area contributed by atoms with Gasteiger partial charge in [-0.05, 0) is 11.1 Å². The summed E-state index contributed by atoms with van der Waals surface area (Å²) in [4.78, 5) is 0. The highest BCUT2D eigenvalue weighted by molar-refractivity contribution is 14.1. The maximum Gasteiger partial charge on any atom is 0.186 e. The molecule has 0 aliphatic carbocycles. The van der Waals surface area contributed by atoms with E-state index in [0.29, 0.717) is 13.2 Å². The van der Waals surface area contributed by atoms with Gasteiger partial charge in [0.25, 0.3) is 0 Å². The van der Waals surface area contributed by atoms with Crippen molar-refractivity contribution >= 4 is 22.6 Å². The predicted octanol–water partition coefficient (Wildman–Crippen LogP) is 3.96. The first kappa shape index (κ1) is 18.8. The van der Waals surface area contributed by atoms with Gasteiger partial charge in [-0.15, -0.1) is 0 Å². The highest BCUT2D eigenvalue weighted by Gasteiger charge is 2.46. The zero-order valence-electron chi connectivity index (χ0n) is 14.2. The molecule has 2 aromatic rings. The third-order valence-electron chi connectivity index (χ3n) is 4.22. The van der Waals surface area contributed by atoms with Gasteiger partial charge >= 0.3 is 0 Å². The summed E-state index contributed by atoms with van der Waals surface area (Å²) >= 11 is 2.32. The van der Waals surface area contributed by atoms with Crippen molar-refractivity contribution in [2.24, 2.45) is 0 Å². The molecule has 0 unspecified atom stereocenters. The molecule has 0 radical (unpaired) electrons. The molecule has 1 aliphatic heterocycles. The zero-order valence-corrected chi connectivity index (χ0v) is 16.4. The first-order valence-electron chi connectivity index (χ1n) is 8.37. The van der Waals surface area contributed by atoms with E-state index in [1.165, 1.54) is 0 Å². The van der Waals surface area contributed by atoms with Gasteiger partial charge in [0.15, 0.2) is 6.29 Å². The standard InChI is InChI=1S/C20H23IO4/c1-22-20-19(24-14-16-10-6-3-7-11-16)18(17(12-21)25-20)23-13-15-8-4-2-5-9-15/h2-11,17-20H,12-14H2,1H3/t17-,18-,19-,20-/m1/s1. The van der Waals surface area contributed by atoms with Crippen molar-refractivity contribution in [3.63, 3.8) is 0 Å². The largest absolute Gasteiger partial charge is 0.368 e. The summed E-state index contributed by atoms with van der Waals surface area (Å²) in [6, 6.07) is 20.3. The Labute approximate surface area is 162 Å². The van der Waals surface area contributed by atoms with Gasteiger partial charge in [-0.3, -0.25) is 0 Å². The van der Waals surface area contributed by atoms with E-state index in [-0.39, 0.29) is 18.3 Å². The highest BCUT2D eigenvalue weighted by atomic mass is 127. The fraction of sp³-hybridized carbons (Fsp3) is 0.400. The van der Waals surface area contributed by atoms with Gasteiger partial charge < -0.3 is 18.9 Å². The minimum absolute atomic E-state index is 0.0463. The minimum atomic E-state index is -0.413. The zero-order chi connectivity index (χ0) is 17.5. The summed E-state index contributed by atoms with van der Waals surface area (Å²) in [5.41, 5.74) is 2.26. The van der Waals surface area contributed by atoms with Gasteiger partial charge in [-0.2, -0.15) is 0 Å². The average molecular weight is 454 g/mol. The Hall–Kier alpha value is -0.990.